The molecule has 0 aromatic carbocycles. The molecule has 1 heterocycles. The highest BCUT2D eigenvalue weighted by Crippen LogP contribution is 2.00. The Morgan fingerprint density at radius 3 is 2.80 bits per heavy atom. The van der Waals surface area contributed by atoms with Crippen molar-refractivity contribution in [2.75, 3.05) is 4.72 Å². The van der Waals surface area contributed by atoms with Crippen molar-refractivity contribution < 1.29 is 8.42 Å². The first-order chi connectivity index (χ1) is 4.58. The van der Waals surface area contributed by atoms with Crippen LogP contribution in [0.15, 0.2) is 12.4 Å². The first-order valence-electron chi connectivity index (χ1n) is 2.37. The second-order valence-corrected chi connectivity index (χ2v) is 2.93. The first-order valence-corrected chi connectivity index (χ1v) is 3.92. The van der Waals surface area contributed by atoms with Gasteiger partial charge in [0, 0.05) is 6.20 Å². The molecule has 7 heteroatoms. The zero-order chi connectivity index (χ0) is 7.61. The van der Waals surface area contributed by atoms with Crippen LogP contribution in [-0.2, 0) is 10.2 Å². The number of aromatic amines is 1. The predicted octanol–water partition coefficient (Wildman–Crippen LogP) is -0.975. The average Bonchev–Trinajstić information content (AvgIpc) is 2.12. The molecule has 0 aliphatic heterocycles. The molecule has 0 spiro atoms. The maximum Gasteiger partial charge on any atom is 0.296 e. The van der Waals surface area contributed by atoms with Gasteiger partial charge >= 0.3 is 0 Å². The van der Waals surface area contributed by atoms with E-state index in [4.69, 9.17) is 0 Å². The molecule has 56 valence electrons. The third kappa shape index (κ3) is 2.03. The maximum absolute atomic E-state index is 10.3. The molecule has 4 N–H and O–H groups in total. The highest BCUT2D eigenvalue weighted by Gasteiger charge is 2.00. The monoisotopic (exact) mass is 162 g/mol. The Bertz CT molecular complexity index is 288. The third-order valence-corrected chi connectivity index (χ3v) is 1.28. The van der Waals surface area contributed by atoms with E-state index < -0.39 is 10.2 Å². The van der Waals surface area contributed by atoms with Gasteiger partial charge in [0.1, 0.15) is 0 Å². The Hall–Kier alpha value is -1.08. The summed E-state index contributed by atoms with van der Waals surface area (Å²) in [5.41, 5.74) is 0.322. The van der Waals surface area contributed by atoms with Crippen LogP contribution in [0.2, 0.25) is 0 Å². The van der Waals surface area contributed by atoms with Gasteiger partial charge in [-0.1, -0.05) is 0 Å². The summed E-state index contributed by atoms with van der Waals surface area (Å²) >= 11 is 0. The molecular formula is C3H6N4O2S. The predicted molar refractivity (Wildman–Crippen MR) is 35.3 cm³/mol. The molecule has 1 rings (SSSR count). The normalized spacial score (nSPS) is 11.3. The molecule has 10 heavy (non-hydrogen) atoms. The number of nitrogens with one attached hydrogen (secondary N) is 2. The van der Waals surface area contributed by atoms with Crippen LogP contribution in [0.4, 0.5) is 5.69 Å². The van der Waals surface area contributed by atoms with Crippen LogP contribution in [0.1, 0.15) is 0 Å². The lowest BCUT2D eigenvalue weighted by atomic mass is 10.6. The number of aromatic nitrogens is 2. The zero-order valence-electron chi connectivity index (χ0n) is 4.90. The molecule has 6 nitrogen and oxygen atoms in total. The van der Waals surface area contributed by atoms with Crippen LogP contribution in [0.3, 0.4) is 0 Å². The van der Waals surface area contributed by atoms with Gasteiger partial charge < -0.3 is 0 Å². The molecule has 0 unspecified atom stereocenters. The SMILES string of the molecule is NS(=O)(=O)Nc1cn[nH]c1. The van der Waals surface area contributed by atoms with Crippen molar-refractivity contribution in [2.24, 2.45) is 5.14 Å². The fourth-order valence-electron chi connectivity index (χ4n) is 0.471. The summed E-state index contributed by atoms with van der Waals surface area (Å²) in [4.78, 5) is 0. The lowest BCUT2D eigenvalue weighted by Gasteiger charge is -1.95. The van der Waals surface area contributed by atoms with E-state index in [1.807, 2.05) is 4.72 Å². The molecule has 0 saturated carbocycles. The summed E-state index contributed by atoms with van der Waals surface area (Å²) in [6.45, 7) is 0. The van der Waals surface area contributed by atoms with Gasteiger partial charge in [-0.15, -0.1) is 0 Å². The summed E-state index contributed by atoms with van der Waals surface area (Å²) in [5, 5.41) is 10.6. The highest BCUT2D eigenvalue weighted by molar-refractivity contribution is 7.90. The molecule has 0 atom stereocenters. The minimum absolute atomic E-state index is 0.322. The number of nitrogens with two attached hydrogens (primary N) is 1. The highest BCUT2D eigenvalue weighted by atomic mass is 32.2. The van der Waals surface area contributed by atoms with Crippen molar-refractivity contribution in [3.8, 4) is 0 Å². The van der Waals surface area contributed by atoms with E-state index in [0.29, 0.717) is 5.69 Å². The van der Waals surface area contributed by atoms with Gasteiger partial charge in [-0.25, -0.2) is 5.14 Å². The Morgan fingerprint density at radius 1 is 1.70 bits per heavy atom. The number of H-pyrrole nitrogens is 1. The van der Waals surface area contributed by atoms with Crippen LogP contribution in [0.5, 0.6) is 0 Å². The molecule has 0 radical (unpaired) electrons. The van der Waals surface area contributed by atoms with Crippen LogP contribution in [-0.4, -0.2) is 18.6 Å². The lowest BCUT2D eigenvalue weighted by molar-refractivity contribution is 0.603. The van der Waals surface area contributed by atoms with Crippen LogP contribution in [0.25, 0.3) is 0 Å². The van der Waals surface area contributed by atoms with Crippen molar-refractivity contribution in [1.82, 2.24) is 10.2 Å². The van der Waals surface area contributed by atoms with E-state index >= 15 is 0 Å². The van der Waals surface area contributed by atoms with Gasteiger partial charge in [-0.3, -0.25) is 9.82 Å². The average molecular weight is 162 g/mol. The maximum atomic E-state index is 10.3. The molecule has 1 aromatic rings. The van der Waals surface area contributed by atoms with Crippen molar-refractivity contribution in [1.29, 1.82) is 0 Å². The van der Waals surface area contributed by atoms with Crippen molar-refractivity contribution in [2.45, 2.75) is 0 Å². The van der Waals surface area contributed by atoms with E-state index in [2.05, 4.69) is 15.3 Å². The second-order valence-electron chi connectivity index (χ2n) is 1.63. The van der Waals surface area contributed by atoms with Crippen molar-refractivity contribution in [3.63, 3.8) is 0 Å². The molecule has 0 aliphatic carbocycles. The largest absolute Gasteiger partial charge is 0.296 e. The Kier molecular flexibility index (Phi) is 1.60. The molecule has 0 aliphatic rings. The molecule has 0 bridgehead atoms. The zero-order valence-corrected chi connectivity index (χ0v) is 5.72. The fourth-order valence-corrected chi connectivity index (χ4v) is 0.911. The van der Waals surface area contributed by atoms with Gasteiger partial charge in [0.2, 0.25) is 0 Å². The minimum Gasteiger partial charge on any atom is -0.284 e. The molecule has 0 saturated heterocycles. The van der Waals surface area contributed by atoms with Crippen LogP contribution < -0.4 is 9.86 Å². The fraction of sp³-hybridized carbons (Fsp3) is 0. The van der Waals surface area contributed by atoms with Crippen molar-refractivity contribution in [3.05, 3.63) is 12.4 Å². The number of hydrogen-bond acceptors (Lipinski definition) is 3. The Morgan fingerprint density at radius 2 is 2.40 bits per heavy atom. The quantitative estimate of drug-likeness (QED) is 0.521. The van der Waals surface area contributed by atoms with Gasteiger partial charge in [-0.2, -0.15) is 13.5 Å². The van der Waals surface area contributed by atoms with E-state index in [1.165, 1.54) is 12.4 Å². The van der Waals surface area contributed by atoms with Gasteiger partial charge in [0.15, 0.2) is 0 Å². The number of hydrogen-bond donors (Lipinski definition) is 3. The van der Waals surface area contributed by atoms with E-state index in [1.54, 1.807) is 0 Å². The summed E-state index contributed by atoms with van der Waals surface area (Å²) in [6, 6.07) is 0. The second kappa shape index (κ2) is 2.27. The van der Waals surface area contributed by atoms with Gasteiger partial charge in [0.05, 0.1) is 11.9 Å². The van der Waals surface area contributed by atoms with E-state index in [-0.39, 0.29) is 0 Å². The molecule has 0 amide bonds. The standard InChI is InChI=1S/C3H6N4O2S/c4-10(8,9)7-3-1-5-6-2-3/h1-2,7H,(H,5,6)(H2,4,8,9). The Labute approximate surface area is 57.6 Å². The molecule has 0 fully saturated rings. The third-order valence-electron chi connectivity index (χ3n) is 0.758. The topological polar surface area (TPSA) is 101 Å². The van der Waals surface area contributed by atoms with Crippen LogP contribution in [0, 0.1) is 0 Å². The van der Waals surface area contributed by atoms with Crippen LogP contribution >= 0.6 is 0 Å². The van der Waals surface area contributed by atoms with E-state index in [0.717, 1.165) is 0 Å². The van der Waals surface area contributed by atoms with E-state index in [9.17, 15) is 8.42 Å². The smallest absolute Gasteiger partial charge is 0.284 e. The summed E-state index contributed by atoms with van der Waals surface area (Å²) < 4.78 is 22.7. The van der Waals surface area contributed by atoms with Crippen molar-refractivity contribution >= 4 is 15.9 Å². The lowest BCUT2D eigenvalue weighted by Crippen LogP contribution is -2.21. The number of rotatable bonds is 2. The number of anilines is 1. The minimum atomic E-state index is -3.66. The number of nitrogens with zero attached hydrogens (tertiary/aromatic N) is 1. The summed E-state index contributed by atoms with van der Waals surface area (Å²) in [6.07, 6.45) is 2.69. The Balaban J connectivity index is 2.75. The molecular weight excluding hydrogens is 156 g/mol. The van der Waals surface area contributed by atoms with Gasteiger partial charge in [0.25, 0.3) is 10.2 Å². The van der Waals surface area contributed by atoms with Gasteiger partial charge in [-0.05, 0) is 0 Å². The first kappa shape index (κ1) is 7.03. The summed E-state index contributed by atoms with van der Waals surface area (Å²) in [7, 11) is -3.66. The molecule has 1 aromatic heterocycles. The summed E-state index contributed by atoms with van der Waals surface area (Å²) in [5.74, 6) is 0.